The second-order valence-corrected chi connectivity index (χ2v) is 6.91. The molecule has 0 atom stereocenters. The molecule has 0 bridgehead atoms. The van der Waals surface area contributed by atoms with E-state index >= 15 is 0 Å². The first-order valence-corrected chi connectivity index (χ1v) is 9.87. The molecule has 1 N–H and O–H groups in total. The molecule has 162 valence electrons. The van der Waals surface area contributed by atoms with E-state index in [9.17, 15) is 10.1 Å². The molecule has 0 spiro atoms. The fourth-order valence-corrected chi connectivity index (χ4v) is 3.08. The summed E-state index contributed by atoms with van der Waals surface area (Å²) >= 11 is 0. The number of carbonyl (C=O) groups is 1. The van der Waals surface area contributed by atoms with Crippen molar-refractivity contribution in [3.63, 3.8) is 0 Å². The van der Waals surface area contributed by atoms with Crippen molar-refractivity contribution in [3.05, 3.63) is 52.7 Å². The molecular formula is C22H25N5O4. The Hall–Kier alpha value is -3.48. The number of anilines is 1. The quantitative estimate of drug-likeness (QED) is 0.511. The molecule has 0 unspecified atom stereocenters. The number of nitrogens with one attached hydrogen (secondary N) is 1. The van der Waals surface area contributed by atoms with Crippen molar-refractivity contribution in [2.24, 2.45) is 5.10 Å². The Labute approximate surface area is 181 Å². The molecule has 1 aliphatic rings. The summed E-state index contributed by atoms with van der Waals surface area (Å²) in [5.41, 5.74) is 5.57. The number of hydrogen-bond acceptors (Lipinski definition) is 8. The van der Waals surface area contributed by atoms with E-state index in [0.717, 1.165) is 16.8 Å². The van der Waals surface area contributed by atoms with Crippen LogP contribution < -0.4 is 10.2 Å². The molecular weight excluding hydrogens is 398 g/mol. The monoisotopic (exact) mass is 423 g/mol. The lowest BCUT2D eigenvalue weighted by Crippen LogP contribution is -2.42. The normalized spacial score (nSPS) is 13.8. The van der Waals surface area contributed by atoms with E-state index in [2.05, 4.69) is 21.6 Å². The van der Waals surface area contributed by atoms with Crippen LogP contribution in [0.2, 0.25) is 0 Å². The van der Waals surface area contributed by atoms with Gasteiger partial charge in [0.2, 0.25) is 0 Å². The van der Waals surface area contributed by atoms with Gasteiger partial charge in [-0.25, -0.2) is 4.98 Å². The minimum absolute atomic E-state index is 0.00520. The van der Waals surface area contributed by atoms with Crippen LogP contribution in [-0.4, -0.2) is 62.0 Å². The lowest BCUT2D eigenvalue weighted by Gasteiger charge is -2.26. The molecule has 1 aliphatic heterocycles. The minimum atomic E-state index is -0.0510. The molecule has 0 aliphatic carbocycles. The topological polar surface area (TPSA) is 109 Å². The molecule has 1 saturated heterocycles. The number of nitrogens with zero attached hydrogens (tertiary/aromatic N) is 4. The van der Waals surface area contributed by atoms with Crippen molar-refractivity contribution in [1.82, 2.24) is 9.88 Å². The Morgan fingerprint density at radius 1 is 1.35 bits per heavy atom. The van der Waals surface area contributed by atoms with Crippen LogP contribution in [0.15, 0.2) is 35.4 Å². The number of hydrogen-bond donors (Lipinski definition) is 1. The molecule has 31 heavy (non-hydrogen) atoms. The van der Waals surface area contributed by atoms with Crippen molar-refractivity contribution in [3.8, 4) is 11.8 Å². The Morgan fingerprint density at radius 3 is 2.77 bits per heavy atom. The number of hydrazone groups is 1. The Morgan fingerprint density at radius 2 is 2.10 bits per heavy atom. The molecule has 1 fully saturated rings. The van der Waals surface area contributed by atoms with Gasteiger partial charge in [-0.1, -0.05) is 0 Å². The third-order valence-corrected chi connectivity index (χ3v) is 4.63. The lowest BCUT2D eigenvalue weighted by molar-refractivity contribution is -0.137. The number of aryl methyl sites for hydroxylation is 1. The molecule has 2 heterocycles. The summed E-state index contributed by atoms with van der Waals surface area (Å²) in [5.74, 6) is 0.931. The summed E-state index contributed by atoms with van der Waals surface area (Å²) in [6, 6.07) is 11.2. The summed E-state index contributed by atoms with van der Waals surface area (Å²) < 4.78 is 16.0. The second kappa shape index (κ2) is 11.1. The maximum absolute atomic E-state index is 12.1. The van der Waals surface area contributed by atoms with Gasteiger partial charge in [-0.3, -0.25) is 10.2 Å². The zero-order chi connectivity index (χ0) is 22.1. The Balaban J connectivity index is 1.56. The zero-order valence-electron chi connectivity index (χ0n) is 17.6. The first-order chi connectivity index (χ1) is 15.1. The number of rotatable bonds is 8. The van der Waals surface area contributed by atoms with E-state index in [0.29, 0.717) is 50.0 Å². The van der Waals surface area contributed by atoms with E-state index in [4.69, 9.17) is 14.2 Å². The van der Waals surface area contributed by atoms with Gasteiger partial charge >= 0.3 is 0 Å². The molecule has 3 rings (SSSR count). The molecule has 1 amide bonds. The van der Waals surface area contributed by atoms with Gasteiger partial charge in [-0.05, 0) is 42.8 Å². The molecule has 1 aromatic heterocycles. The van der Waals surface area contributed by atoms with E-state index in [1.165, 1.54) is 0 Å². The zero-order valence-corrected chi connectivity index (χ0v) is 17.6. The average molecular weight is 423 g/mol. The number of morpholine rings is 1. The highest BCUT2D eigenvalue weighted by molar-refractivity contribution is 5.80. The number of aromatic nitrogens is 1. The highest BCUT2D eigenvalue weighted by Gasteiger charge is 2.17. The first kappa shape index (κ1) is 22.2. The SMILES string of the molecule is COCc1cc(C)nc(N/N=C/c2ccc(OCC(=O)N3CCOCC3)cc2)c1C#N. The van der Waals surface area contributed by atoms with E-state index < -0.39 is 0 Å². The second-order valence-electron chi connectivity index (χ2n) is 6.91. The number of benzene rings is 1. The molecule has 9 heteroatoms. The number of ether oxygens (including phenoxy) is 3. The van der Waals surface area contributed by atoms with Gasteiger partial charge in [0.1, 0.15) is 17.4 Å². The van der Waals surface area contributed by atoms with Crippen molar-refractivity contribution >= 4 is 17.9 Å². The van der Waals surface area contributed by atoms with Crippen molar-refractivity contribution in [1.29, 1.82) is 5.26 Å². The van der Waals surface area contributed by atoms with Gasteiger partial charge < -0.3 is 19.1 Å². The van der Waals surface area contributed by atoms with E-state index in [1.54, 1.807) is 30.4 Å². The summed E-state index contributed by atoms with van der Waals surface area (Å²) in [5, 5.41) is 13.6. The van der Waals surface area contributed by atoms with E-state index in [1.807, 2.05) is 25.1 Å². The highest BCUT2D eigenvalue weighted by atomic mass is 16.5. The lowest BCUT2D eigenvalue weighted by atomic mass is 10.1. The van der Waals surface area contributed by atoms with Crippen LogP contribution in [-0.2, 0) is 20.9 Å². The molecule has 0 saturated carbocycles. The van der Waals surface area contributed by atoms with Crippen molar-refractivity contribution in [2.75, 3.05) is 45.4 Å². The van der Waals surface area contributed by atoms with Crippen LogP contribution in [0.4, 0.5) is 5.82 Å². The third-order valence-electron chi connectivity index (χ3n) is 4.63. The van der Waals surface area contributed by atoms with Gasteiger partial charge in [0.05, 0.1) is 26.0 Å². The summed E-state index contributed by atoms with van der Waals surface area (Å²) in [6.07, 6.45) is 1.61. The predicted octanol–water partition coefficient (Wildman–Crippen LogP) is 2.09. The fourth-order valence-electron chi connectivity index (χ4n) is 3.08. The number of carbonyl (C=O) groups excluding carboxylic acids is 1. The largest absolute Gasteiger partial charge is 0.484 e. The molecule has 9 nitrogen and oxygen atoms in total. The molecule has 2 aromatic rings. The summed E-state index contributed by atoms with van der Waals surface area (Å²) in [4.78, 5) is 18.2. The number of pyridine rings is 1. The van der Waals surface area contributed by atoms with Crippen LogP contribution in [0, 0.1) is 18.3 Å². The number of amides is 1. The fraction of sp³-hybridized carbons (Fsp3) is 0.364. The summed E-state index contributed by atoms with van der Waals surface area (Å²) in [7, 11) is 1.58. The van der Waals surface area contributed by atoms with Crippen molar-refractivity contribution in [2.45, 2.75) is 13.5 Å². The smallest absolute Gasteiger partial charge is 0.260 e. The Kier molecular flexibility index (Phi) is 7.92. The first-order valence-electron chi connectivity index (χ1n) is 9.87. The number of methoxy groups -OCH3 is 1. The van der Waals surface area contributed by atoms with Crippen LogP contribution in [0.5, 0.6) is 5.75 Å². The van der Waals surface area contributed by atoms with Gasteiger partial charge in [-0.2, -0.15) is 10.4 Å². The minimum Gasteiger partial charge on any atom is -0.484 e. The van der Waals surface area contributed by atoms with Crippen molar-refractivity contribution < 1.29 is 19.0 Å². The van der Waals surface area contributed by atoms with Gasteiger partial charge in [0.15, 0.2) is 12.4 Å². The maximum Gasteiger partial charge on any atom is 0.260 e. The van der Waals surface area contributed by atoms with E-state index in [-0.39, 0.29) is 12.5 Å². The summed E-state index contributed by atoms with van der Waals surface area (Å²) in [6.45, 7) is 4.49. The predicted molar refractivity (Wildman–Crippen MR) is 115 cm³/mol. The van der Waals surface area contributed by atoms with Gasteiger partial charge in [0.25, 0.3) is 5.91 Å². The standard InChI is InChI=1S/C22H25N5O4/c1-16-11-18(14-29-2)20(12-23)22(25-16)26-24-13-17-3-5-19(6-4-17)31-15-21(28)27-7-9-30-10-8-27/h3-6,11,13H,7-10,14-15H2,1-2H3,(H,25,26)/b24-13+. The van der Waals surface area contributed by atoms with Crippen LogP contribution in [0.3, 0.4) is 0 Å². The van der Waals surface area contributed by atoms with Crippen LogP contribution >= 0.6 is 0 Å². The van der Waals surface area contributed by atoms with Crippen LogP contribution in [0.25, 0.3) is 0 Å². The Bertz CT molecular complexity index is 963. The molecule has 1 aromatic carbocycles. The highest BCUT2D eigenvalue weighted by Crippen LogP contribution is 2.19. The average Bonchev–Trinajstić information content (AvgIpc) is 2.79. The molecule has 0 radical (unpaired) electrons. The maximum atomic E-state index is 12.1. The third kappa shape index (κ3) is 6.25. The van der Waals surface area contributed by atoms with Gasteiger partial charge in [-0.15, -0.1) is 0 Å². The van der Waals surface area contributed by atoms with Gasteiger partial charge in [0, 0.05) is 31.5 Å². The van der Waals surface area contributed by atoms with Crippen LogP contribution in [0.1, 0.15) is 22.4 Å². The number of nitriles is 1.